The van der Waals surface area contributed by atoms with Crippen molar-refractivity contribution >= 4 is 17.4 Å². The van der Waals surface area contributed by atoms with Gasteiger partial charge in [-0.15, -0.1) is 0 Å². The second kappa shape index (κ2) is 8.54. The van der Waals surface area contributed by atoms with Gasteiger partial charge in [0.05, 0.1) is 17.8 Å². The van der Waals surface area contributed by atoms with Gasteiger partial charge >= 0.3 is 0 Å². The molecular weight excluding hydrogens is 334 g/mol. The van der Waals surface area contributed by atoms with Crippen LogP contribution in [0.5, 0.6) is 0 Å². The Morgan fingerprint density at radius 2 is 1.88 bits per heavy atom. The Hall–Kier alpha value is -1.78. The van der Waals surface area contributed by atoms with Crippen molar-refractivity contribution in [2.24, 2.45) is 5.92 Å². The quantitative estimate of drug-likeness (QED) is 0.604. The lowest BCUT2D eigenvalue weighted by Crippen LogP contribution is -2.36. The van der Waals surface area contributed by atoms with Crippen LogP contribution < -0.4 is 15.4 Å². The van der Waals surface area contributed by atoms with E-state index in [0.717, 1.165) is 23.4 Å². The van der Waals surface area contributed by atoms with E-state index in [0.29, 0.717) is 22.8 Å². The standard InChI is InChI=1S/C20H26ClN3O/c1-15-14-24(25)20(11-19(15)21)23-13-17-7-9-18(10-8-17)22-12-16-5-3-2-4-6-16/h2-6,11,14,17-18,22-23H,7-10,12-13H2,1H3. The van der Waals surface area contributed by atoms with Crippen LogP contribution in [0.3, 0.4) is 0 Å². The number of pyridine rings is 1. The molecule has 1 aromatic heterocycles. The maximum atomic E-state index is 11.9. The summed E-state index contributed by atoms with van der Waals surface area (Å²) in [4.78, 5) is 0. The summed E-state index contributed by atoms with van der Waals surface area (Å²) in [6, 6.07) is 12.8. The molecular formula is C20H26ClN3O. The summed E-state index contributed by atoms with van der Waals surface area (Å²) < 4.78 is 0.869. The van der Waals surface area contributed by atoms with Crippen LogP contribution in [0.4, 0.5) is 5.82 Å². The van der Waals surface area contributed by atoms with Crippen molar-refractivity contribution in [3.8, 4) is 0 Å². The highest BCUT2D eigenvalue weighted by Crippen LogP contribution is 2.25. The molecule has 1 aliphatic carbocycles. The molecule has 1 aromatic carbocycles. The normalized spacial score (nSPS) is 20.4. The molecule has 1 aliphatic rings. The van der Waals surface area contributed by atoms with E-state index in [2.05, 4.69) is 41.0 Å². The van der Waals surface area contributed by atoms with Gasteiger partial charge in [0.1, 0.15) is 0 Å². The average Bonchev–Trinajstić information content (AvgIpc) is 2.64. The van der Waals surface area contributed by atoms with Gasteiger partial charge in [-0.05, 0) is 44.1 Å². The molecule has 1 heterocycles. The minimum Gasteiger partial charge on any atom is -0.711 e. The molecule has 0 radical (unpaired) electrons. The Bertz CT molecular complexity index is 685. The van der Waals surface area contributed by atoms with Crippen LogP contribution >= 0.6 is 11.6 Å². The number of aromatic nitrogens is 1. The van der Waals surface area contributed by atoms with Gasteiger partial charge in [-0.2, -0.15) is 0 Å². The molecule has 1 fully saturated rings. The van der Waals surface area contributed by atoms with Crippen molar-refractivity contribution in [3.63, 3.8) is 0 Å². The lowest BCUT2D eigenvalue weighted by Gasteiger charge is -2.28. The van der Waals surface area contributed by atoms with E-state index in [1.165, 1.54) is 37.4 Å². The van der Waals surface area contributed by atoms with E-state index >= 15 is 0 Å². The zero-order chi connectivity index (χ0) is 17.6. The fraction of sp³-hybridized carbons (Fsp3) is 0.450. The van der Waals surface area contributed by atoms with E-state index in [-0.39, 0.29) is 0 Å². The fourth-order valence-electron chi connectivity index (χ4n) is 3.41. The SMILES string of the molecule is Cc1c[n+]([O-])c(NCC2CCC(NCc3ccccc3)CC2)cc1Cl. The number of hydrogen-bond donors (Lipinski definition) is 2. The molecule has 25 heavy (non-hydrogen) atoms. The Kier molecular flexibility index (Phi) is 6.16. The van der Waals surface area contributed by atoms with Gasteiger partial charge in [0.25, 0.3) is 5.82 Å². The molecule has 0 amide bonds. The average molecular weight is 360 g/mol. The molecule has 4 nitrogen and oxygen atoms in total. The van der Waals surface area contributed by atoms with Gasteiger partial charge in [0.15, 0.2) is 0 Å². The molecule has 2 aromatic rings. The first-order valence-electron chi connectivity index (χ1n) is 9.02. The van der Waals surface area contributed by atoms with Crippen LogP contribution in [0.1, 0.15) is 36.8 Å². The maximum absolute atomic E-state index is 11.9. The lowest BCUT2D eigenvalue weighted by atomic mass is 9.86. The van der Waals surface area contributed by atoms with Crippen LogP contribution in [0.25, 0.3) is 0 Å². The summed E-state index contributed by atoms with van der Waals surface area (Å²) in [6.45, 7) is 3.60. The molecule has 3 rings (SSSR count). The van der Waals surface area contributed by atoms with Gasteiger partial charge in [0, 0.05) is 24.2 Å². The maximum Gasteiger partial charge on any atom is 0.278 e. The van der Waals surface area contributed by atoms with Crippen molar-refractivity contribution in [1.82, 2.24) is 5.32 Å². The molecule has 0 unspecified atom stereocenters. The van der Waals surface area contributed by atoms with Gasteiger partial charge in [-0.3, -0.25) is 5.32 Å². The highest BCUT2D eigenvalue weighted by atomic mass is 35.5. The zero-order valence-electron chi connectivity index (χ0n) is 14.7. The van der Waals surface area contributed by atoms with E-state index in [1.54, 1.807) is 6.07 Å². The first kappa shape index (κ1) is 18.0. The van der Waals surface area contributed by atoms with Gasteiger partial charge in [-0.25, -0.2) is 4.73 Å². The molecule has 1 saturated carbocycles. The first-order chi connectivity index (χ1) is 12.1. The molecule has 0 atom stereocenters. The van der Waals surface area contributed by atoms with Gasteiger partial charge in [0.2, 0.25) is 0 Å². The van der Waals surface area contributed by atoms with E-state index in [9.17, 15) is 5.21 Å². The van der Waals surface area contributed by atoms with Crippen molar-refractivity contribution in [2.75, 3.05) is 11.9 Å². The second-order valence-electron chi connectivity index (χ2n) is 6.98. The van der Waals surface area contributed by atoms with Crippen molar-refractivity contribution in [1.29, 1.82) is 0 Å². The molecule has 2 N–H and O–H groups in total. The van der Waals surface area contributed by atoms with Crippen LogP contribution in [-0.4, -0.2) is 12.6 Å². The monoisotopic (exact) mass is 359 g/mol. The fourth-order valence-corrected chi connectivity index (χ4v) is 3.56. The summed E-state index contributed by atoms with van der Waals surface area (Å²) in [6.07, 6.45) is 6.25. The smallest absolute Gasteiger partial charge is 0.278 e. The molecule has 0 saturated heterocycles. The van der Waals surface area contributed by atoms with Crippen molar-refractivity contribution in [3.05, 3.63) is 64.0 Å². The van der Waals surface area contributed by atoms with Crippen molar-refractivity contribution < 1.29 is 4.73 Å². The minimum absolute atomic E-state index is 0.542. The predicted molar refractivity (Wildman–Crippen MR) is 103 cm³/mol. The predicted octanol–water partition coefficient (Wildman–Crippen LogP) is 4.04. The zero-order valence-corrected chi connectivity index (χ0v) is 15.4. The highest BCUT2D eigenvalue weighted by Gasteiger charge is 2.22. The number of rotatable bonds is 6. The van der Waals surface area contributed by atoms with Crippen LogP contribution in [0.2, 0.25) is 5.02 Å². The molecule has 134 valence electrons. The first-order valence-corrected chi connectivity index (χ1v) is 9.40. The largest absolute Gasteiger partial charge is 0.711 e. The topological polar surface area (TPSA) is 51.0 Å². The summed E-state index contributed by atoms with van der Waals surface area (Å²) in [5.41, 5.74) is 2.13. The third-order valence-electron chi connectivity index (χ3n) is 5.04. The van der Waals surface area contributed by atoms with E-state index in [4.69, 9.17) is 11.6 Å². The number of anilines is 1. The Morgan fingerprint density at radius 1 is 1.16 bits per heavy atom. The summed E-state index contributed by atoms with van der Waals surface area (Å²) in [5.74, 6) is 1.15. The number of benzene rings is 1. The summed E-state index contributed by atoms with van der Waals surface area (Å²) in [5, 5.41) is 19.5. The summed E-state index contributed by atoms with van der Waals surface area (Å²) in [7, 11) is 0. The Morgan fingerprint density at radius 3 is 2.60 bits per heavy atom. The van der Waals surface area contributed by atoms with Gasteiger partial charge < -0.3 is 10.5 Å². The number of aryl methyl sites for hydroxylation is 1. The number of hydrogen-bond acceptors (Lipinski definition) is 3. The third kappa shape index (κ3) is 5.10. The third-order valence-corrected chi connectivity index (χ3v) is 5.45. The van der Waals surface area contributed by atoms with Gasteiger partial charge in [-0.1, -0.05) is 41.9 Å². The Labute approximate surface area is 154 Å². The van der Waals surface area contributed by atoms with Crippen LogP contribution in [-0.2, 0) is 6.54 Å². The highest BCUT2D eigenvalue weighted by molar-refractivity contribution is 6.31. The number of nitrogens with zero attached hydrogens (tertiary/aromatic N) is 1. The van der Waals surface area contributed by atoms with Crippen LogP contribution in [0, 0.1) is 18.0 Å². The van der Waals surface area contributed by atoms with Crippen molar-refractivity contribution in [2.45, 2.75) is 45.2 Å². The van der Waals surface area contributed by atoms with E-state index < -0.39 is 0 Å². The minimum atomic E-state index is 0.542. The number of nitrogens with one attached hydrogen (secondary N) is 2. The lowest BCUT2D eigenvalue weighted by molar-refractivity contribution is -0.590. The molecule has 0 spiro atoms. The molecule has 5 heteroatoms. The van der Waals surface area contributed by atoms with Crippen LogP contribution in [0.15, 0.2) is 42.6 Å². The molecule has 0 aliphatic heterocycles. The Balaban J connectivity index is 1.41. The second-order valence-corrected chi connectivity index (χ2v) is 7.39. The molecule has 0 bridgehead atoms. The number of halogens is 1. The summed E-state index contributed by atoms with van der Waals surface area (Å²) >= 11 is 6.11. The van der Waals surface area contributed by atoms with E-state index in [1.807, 2.05) is 6.92 Å².